The van der Waals surface area contributed by atoms with Gasteiger partial charge in [0, 0.05) is 32.1 Å². The summed E-state index contributed by atoms with van der Waals surface area (Å²) >= 11 is 0. The number of nitrogens with two attached hydrogens (primary N) is 1. The first-order valence-corrected chi connectivity index (χ1v) is 10.00. The fourth-order valence-corrected chi connectivity index (χ4v) is 3.34. The summed E-state index contributed by atoms with van der Waals surface area (Å²) in [7, 11) is 0. The third kappa shape index (κ3) is 6.86. The molecule has 1 heterocycles. The first kappa shape index (κ1) is 21.2. The summed E-state index contributed by atoms with van der Waals surface area (Å²) in [4.78, 5) is 26.2. The highest BCUT2D eigenvalue weighted by Gasteiger charge is 2.26. The Morgan fingerprint density at radius 3 is 2.63 bits per heavy atom. The van der Waals surface area contributed by atoms with Crippen LogP contribution in [-0.2, 0) is 9.59 Å². The number of hydrogen-bond donors (Lipinski definition) is 2. The van der Waals surface area contributed by atoms with Crippen LogP contribution in [0.3, 0.4) is 0 Å². The maximum atomic E-state index is 12.6. The van der Waals surface area contributed by atoms with E-state index in [4.69, 9.17) is 10.5 Å². The van der Waals surface area contributed by atoms with E-state index >= 15 is 0 Å². The Bertz CT molecular complexity index is 601. The Morgan fingerprint density at radius 1 is 1.22 bits per heavy atom. The molecule has 1 aliphatic rings. The van der Waals surface area contributed by atoms with Crippen LogP contribution >= 0.6 is 0 Å². The van der Waals surface area contributed by atoms with Crippen molar-refractivity contribution in [3.05, 3.63) is 29.8 Å². The Hall–Kier alpha value is -2.08. The highest BCUT2D eigenvalue weighted by molar-refractivity contribution is 5.78. The van der Waals surface area contributed by atoms with Gasteiger partial charge in [-0.1, -0.05) is 26.0 Å². The van der Waals surface area contributed by atoms with Gasteiger partial charge >= 0.3 is 0 Å². The average Bonchev–Trinajstić information content (AvgIpc) is 2.67. The van der Waals surface area contributed by atoms with Crippen LogP contribution in [0.1, 0.15) is 57.4 Å². The maximum absolute atomic E-state index is 12.6. The maximum Gasteiger partial charge on any atom is 0.226 e. The Kier molecular flexibility index (Phi) is 8.58. The van der Waals surface area contributed by atoms with Crippen molar-refractivity contribution in [2.24, 2.45) is 5.73 Å². The SMILES string of the molecule is CC(C)c1ccc(OCCC(=O)N2CCCCC2CNC(=O)CCN)cc1. The second-order valence-electron chi connectivity index (χ2n) is 7.40. The highest BCUT2D eigenvalue weighted by Crippen LogP contribution is 2.20. The van der Waals surface area contributed by atoms with Crippen molar-refractivity contribution in [1.82, 2.24) is 10.2 Å². The van der Waals surface area contributed by atoms with Gasteiger partial charge in [0.2, 0.25) is 11.8 Å². The number of likely N-dealkylation sites (tertiary alicyclic amines) is 1. The molecular weight excluding hydrogens is 342 g/mol. The van der Waals surface area contributed by atoms with Crippen LogP contribution in [0.4, 0.5) is 0 Å². The molecule has 0 bridgehead atoms. The molecule has 0 aromatic heterocycles. The Balaban J connectivity index is 1.79. The topological polar surface area (TPSA) is 84.7 Å². The molecule has 1 atom stereocenters. The van der Waals surface area contributed by atoms with Crippen LogP contribution in [0.2, 0.25) is 0 Å². The molecule has 2 amide bonds. The van der Waals surface area contributed by atoms with E-state index in [1.807, 2.05) is 17.0 Å². The van der Waals surface area contributed by atoms with Crippen molar-refractivity contribution in [1.29, 1.82) is 0 Å². The molecule has 0 spiro atoms. The van der Waals surface area contributed by atoms with Crippen LogP contribution in [0.15, 0.2) is 24.3 Å². The van der Waals surface area contributed by atoms with Crippen LogP contribution in [-0.4, -0.2) is 49.0 Å². The van der Waals surface area contributed by atoms with E-state index in [0.717, 1.165) is 31.6 Å². The summed E-state index contributed by atoms with van der Waals surface area (Å²) < 4.78 is 5.74. The number of carbonyl (C=O) groups is 2. The minimum Gasteiger partial charge on any atom is -0.493 e. The van der Waals surface area contributed by atoms with Gasteiger partial charge in [0.05, 0.1) is 13.0 Å². The van der Waals surface area contributed by atoms with Crippen LogP contribution in [0.5, 0.6) is 5.75 Å². The molecule has 6 nitrogen and oxygen atoms in total. The summed E-state index contributed by atoms with van der Waals surface area (Å²) in [5.74, 6) is 1.31. The number of carbonyl (C=O) groups excluding carboxylic acids is 2. The molecule has 3 N–H and O–H groups in total. The summed E-state index contributed by atoms with van der Waals surface area (Å²) in [6.45, 7) is 6.27. The quantitative estimate of drug-likeness (QED) is 0.694. The molecule has 27 heavy (non-hydrogen) atoms. The third-order valence-corrected chi connectivity index (χ3v) is 4.99. The summed E-state index contributed by atoms with van der Waals surface area (Å²) in [5, 5.41) is 2.89. The number of nitrogens with one attached hydrogen (secondary N) is 1. The molecule has 1 saturated heterocycles. The standard InChI is InChI=1S/C21H33N3O3/c1-16(2)17-6-8-19(9-7-17)27-14-11-21(26)24-13-4-3-5-18(24)15-23-20(25)10-12-22/h6-9,16,18H,3-5,10-15,22H2,1-2H3,(H,23,25). The number of ether oxygens (including phenoxy) is 1. The van der Waals surface area contributed by atoms with E-state index in [9.17, 15) is 9.59 Å². The first-order chi connectivity index (χ1) is 13.0. The molecule has 0 radical (unpaired) electrons. The summed E-state index contributed by atoms with van der Waals surface area (Å²) in [6, 6.07) is 8.10. The van der Waals surface area contributed by atoms with Crippen molar-refractivity contribution < 1.29 is 14.3 Å². The molecule has 1 aromatic carbocycles. The number of amides is 2. The van der Waals surface area contributed by atoms with Crippen LogP contribution < -0.4 is 15.8 Å². The molecule has 1 aliphatic heterocycles. The van der Waals surface area contributed by atoms with Gasteiger partial charge in [-0.3, -0.25) is 9.59 Å². The normalized spacial score (nSPS) is 17.0. The molecule has 1 unspecified atom stereocenters. The molecular formula is C21H33N3O3. The number of nitrogens with zero attached hydrogens (tertiary/aromatic N) is 1. The van der Waals surface area contributed by atoms with Gasteiger partial charge in [0.1, 0.15) is 5.75 Å². The van der Waals surface area contributed by atoms with Gasteiger partial charge in [0.15, 0.2) is 0 Å². The molecule has 1 aromatic rings. The van der Waals surface area contributed by atoms with E-state index in [2.05, 4.69) is 31.3 Å². The fraction of sp³-hybridized carbons (Fsp3) is 0.619. The van der Waals surface area contributed by atoms with Gasteiger partial charge in [0.25, 0.3) is 0 Å². The number of piperidine rings is 1. The largest absolute Gasteiger partial charge is 0.493 e. The lowest BCUT2D eigenvalue weighted by Gasteiger charge is -2.36. The zero-order valence-electron chi connectivity index (χ0n) is 16.6. The van der Waals surface area contributed by atoms with Crippen molar-refractivity contribution >= 4 is 11.8 Å². The van der Waals surface area contributed by atoms with Crippen LogP contribution in [0, 0.1) is 0 Å². The van der Waals surface area contributed by atoms with Gasteiger partial charge in [-0.2, -0.15) is 0 Å². The molecule has 2 rings (SSSR count). The van der Waals surface area contributed by atoms with Crippen LogP contribution in [0.25, 0.3) is 0 Å². The molecule has 0 aliphatic carbocycles. The highest BCUT2D eigenvalue weighted by atomic mass is 16.5. The van der Waals surface area contributed by atoms with Crippen molar-refractivity contribution in [3.8, 4) is 5.75 Å². The molecule has 1 fully saturated rings. The van der Waals surface area contributed by atoms with Gasteiger partial charge in [-0.15, -0.1) is 0 Å². The minimum absolute atomic E-state index is 0.0522. The second kappa shape index (κ2) is 10.9. The zero-order valence-corrected chi connectivity index (χ0v) is 16.6. The minimum atomic E-state index is -0.0522. The third-order valence-electron chi connectivity index (χ3n) is 4.99. The first-order valence-electron chi connectivity index (χ1n) is 10.00. The zero-order chi connectivity index (χ0) is 19.6. The van der Waals surface area contributed by atoms with E-state index in [1.165, 1.54) is 5.56 Å². The molecule has 6 heteroatoms. The van der Waals surface area contributed by atoms with Crippen molar-refractivity contribution in [3.63, 3.8) is 0 Å². The Labute approximate surface area is 162 Å². The fourth-order valence-electron chi connectivity index (χ4n) is 3.34. The Morgan fingerprint density at radius 2 is 1.96 bits per heavy atom. The lowest BCUT2D eigenvalue weighted by atomic mass is 10.0. The monoisotopic (exact) mass is 375 g/mol. The second-order valence-corrected chi connectivity index (χ2v) is 7.40. The van der Waals surface area contributed by atoms with E-state index in [-0.39, 0.29) is 17.9 Å². The number of rotatable bonds is 9. The average molecular weight is 376 g/mol. The predicted molar refractivity (Wildman–Crippen MR) is 107 cm³/mol. The molecule has 150 valence electrons. The number of benzene rings is 1. The predicted octanol–water partition coefficient (Wildman–Crippen LogP) is 2.43. The van der Waals surface area contributed by atoms with Gasteiger partial charge in [-0.05, 0) is 42.9 Å². The molecule has 0 saturated carbocycles. The number of hydrogen-bond acceptors (Lipinski definition) is 4. The lowest BCUT2D eigenvalue weighted by molar-refractivity contribution is -0.136. The van der Waals surface area contributed by atoms with E-state index in [0.29, 0.717) is 38.5 Å². The lowest BCUT2D eigenvalue weighted by Crippen LogP contribution is -2.49. The van der Waals surface area contributed by atoms with Crippen molar-refractivity contribution in [2.45, 2.75) is 57.9 Å². The summed E-state index contributed by atoms with van der Waals surface area (Å²) in [6.07, 6.45) is 3.69. The van der Waals surface area contributed by atoms with E-state index < -0.39 is 0 Å². The summed E-state index contributed by atoms with van der Waals surface area (Å²) in [5.41, 5.74) is 6.67. The van der Waals surface area contributed by atoms with Crippen molar-refractivity contribution in [2.75, 3.05) is 26.2 Å². The smallest absolute Gasteiger partial charge is 0.226 e. The van der Waals surface area contributed by atoms with Gasteiger partial charge < -0.3 is 20.7 Å². The van der Waals surface area contributed by atoms with Gasteiger partial charge in [-0.25, -0.2) is 0 Å². The van der Waals surface area contributed by atoms with E-state index in [1.54, 1.807) is 0 Å².